The fourth-order valence-corrected chi connectivity index (χ4v) is 1.03. The number of carboxylic acids is 1. The highest BCUT2D eigenvalue weighted by Crippen LogP contribution is 2.22. The van der Waals surface area contributed by atoms with Crippen molar-refractivity contribution in [2.45, 2.75) is 5.92 Å². The quantitative estimate of drug-likeness (QED) is 0.784. The van der Waals surface area contributed by atoms with Gasteiger partial charge in [0.1, 0.15) is 11.6 Å². The van der Waals surface area contributed by atoms with Crippen LogP contribution >= 0.6 is 0 Å². The smallest absolute Gasteiger partial charge is 0.325 e. The molecule has 0 aliphatic carbocycles. The lowest BCUT2D eigenvalue weighted by molar-refractivity contribution is -0.137. The SMILES string of the molecule is N#CC(C(=O)O)c1c(F)cccc1F. The third-order valence-corrected chi connectivity index (χ3v) is 1.66. The summed E-state index contributed by atoms with van der Waals surface area (Å²) in [7, 11) is 0. The maximum absolute atomic E-state index is 13.0. The van der Waals surface area contributed by atoms with Crippen LogP contribution in [0, 0.1) is 23.0 Å². The highest BCUT2D eigenvalue weighted by molar-refractivity contribution is 5.79. The first kappa shape index (κ1) is 10.1. The molecule has 72 valence electrons. The fraction of sp³-hybridized carbons (Fsp3) is 0.111. The van der Waals surface area contributed by atoms with Gasteiger partial charge in [-0.15, -0.1) is 0 Å². The van der Waals surface area contributed by atoms with E-state index in [2.05, 4.69) is 0 Å². The average Bonchev–Trinajstić information content (AvgIpc) is 2.10. The molecular weight excluding hydrogens is 192 g/mol. The molecule has 0 spiro atoms. The molecule has 0 radical (unpaired) electrons. The lowest BCUT2D eigenvalue weighted by Gasteiger charge is -2.06. The summed E-state index contributed by atoms with van der Waals surface area (Å²) in [5, 5.41) is 17.0. The van der Waals surface area contributed by atoms with Gasteiger partial charge < -0.3 is 5.11 Å². The van der Waals surface area contributed by atoms with Crippen molar-refractivity contribution in [2.75, 3.05) is 0 Å². The van der Waals surface area contributed by atoms with Crippen molar-refractivity contribution in [2.24, 2.45) is 0 Å². The average molecular weight is 197 g/mol. The second kappa shape index (κ2) is 3.83. The Morgan fingerprint density at radius 2 is 1.93 bits per heavy atom. The van der Waals surface area contributed by atoms with Gasteiger partial charge >= 0.3 is 5.97 Å². The van der Waals surface area contributed by atoms with E-state index in [0.29, 0.717) is 0 Å². The van der Waals surface area contributed by atoms with Crippen LogP contribution in [-0.2, 0) is 4.79 Å². The van der Waals surface area contributed by atoms with Crippen molar-refractivity contribution in [1.29, 1.82) is 5.26 Å². The van der Waals surface area contributed by atoms with Gasteiger partial charge in [0.05, 0.1) is 11.6 Å². The molecule has 0 saturated heterocycles. The largest absolute Gasteiger partial charge is 0.480 e. The summed E-state index contributed by atoms with van der Waals surface area (Å²) in [5.41, 5.74) is -0.720. The number of carboxylic acid groups (broad SMARTS) is 1. The van der Waals surface area contributed by atoms with E-state index in [1.165, 1.54) is 6.07 Å². The van der Waals surface area contributed by atoms with Gasteiger partial charge in [0.15, 0.2) is 5.92 Å². The summed E-state index contributed by atoms with van der Waals surface area (Å²) in [6.45, 7) is 0. The molecule has 3 nitrogen and oxygen atoms in total. The van der Waals surface area contributed by atoms with Gasteiger partial charge in [-0.1, -0.05) is 6.07 Å². The molecule has 5 heteroatoms. The minimum Gasteiger partial charge on any atom is -0.480 e. The first-order valence-electron chi connectivity index (χ1n) is 3.64. The molecule has 0 heterocycles. The first-order chi connectivity index (χ1) is 6.57. The molecular formula is C9H5F2NO2. The summed E-state index contributed by atoms with van der Waals surface area (Å²) in [5.74, 6) is -5.44. The normalized spacial score (nSPS) is 11.8. The van der Waals surface area contributed by atoms with Crippen molar-refractivity contribution in [3.05, 3.63) is 35.4 Å². The topological polar surface area (TPSA) is 61.1 Å². The van der Waals surface area contributed by atoms with E-state index in [1.807, 2.05) is 0 Å². The van der Waals surface area contributed by atoms with Crippen molar-refractivity contribution in [1.82, 2.24) is 0 Å². The molecule has 0 aliphatic rings. The van der Waals surface area contributed by atoms with E-state index in [-0.39, 0.29) is 0 Å². The summed E-state index contributed by atoms with van der Waals surface area (Å²) in [4.78, 5) is 10.5. The number of rotatable bonds is 2. The Labute approximate surface area is 78.2 Å². The zero-order valence-electron chi connectivity index (χ0n) is 6.87. The maximum Gasteiger partial charge on any atom is 0.325 e. The highest BCUT2D eigenvalue weighted by atomic mass is 19.1. The zero-order chi connectivity index (χ0) is 10.7. The number of nitriles is 1. The zero-order valence-corrected chi connectivity index (χ0v) is 6.87. The number of hydrogen-bond donors (Lipinski definition) is 1. The lowest BCUT2D eigenvalue weighted by atomic mass is 10.00. The predicted molar refractivity (Wildman–Crippen MR) is 42.3 cm³/mol. The Hall–Kier alpha value is -1.96. The van der Waals surface area contributed by atoms with Gasteiger partial charge in [-0.2, -0.15) is 5.26 Å². The maximum atomic E-state index is 13.0. The minimum absolute atomic E-state index is 0.720. The Kier molecular flexibility index (Phi) is 2.77. The molecule has 1 aromatic rings. The number of nitrogens with zero attached hydrogens (tertiary/aromatic N) is 1. The number of halogens is 2. The van der Waals surface area contributed by atoms with Crippen LogP contribution in [0.3, 0.4) is 0 Å². The van der Waals surface area contributed by atoms with Crippen LogP contribution in [0.5, 0.6) is 0 Å². The third kappa shape index (κ3) is 1.69. The van der Waals surface area contributed by atoms with Gasteiger partial charge in [0, 0.05) is 0 Å². The first-order valence-corrected chi connectivity index (χ1v) is 3.64. The second-order valence-electron chi connectivity index (χ2n) is 2.54. The van der Waals surface area contributed by atoms with E-state index >= 15 is 0 Å². The molecule has 1 unspecified atom stereocenters. The van der Waals surface area contributed by atoms with Crippen LogP contribution < -0.4 is 0 Å². The number of aliphatic carboxylic acids is 1. The fourth-order valence-electron chi connectivity index (χ4n) is 1.03. The Morgan fingerprint density at radius 3 is 2.29 bits per heavy atom. The van der Waals surface area contributed by atoms with Crippen molar-refractivity contribution in [3.8, 4) is 6.07 Å². The molecule has 1 rings (SSSR count). The van der Waals surface area contributed by atoms with Crippen LogP contribution in [0.15, 0.2) is 18.2 Å². The van der Waals surface area contributed by atoms with Gasteiger partial charge in [-0.05, 0) is 12.1 Å². The number of carbonyl (C=O) groups is 1. The van der Waals surface area contributed by atoms with Crippen LogP contribution in [0.25, 0.3) is 0 Å². The number of benzene rings is 1. The van der Waals surface area contributed by atoms with Gasteiger partial charge in [-0.25, -0.2) is 8.78 Å². The van der Waals surface area contributed by atoms with Gasteiger partial charge in [0.25, 0.3) is 0 Å². The molecule has 14 heavy (non-hydrogen) atoms. The molecule has 0 fully saturated rings. The Balaban J connectivity index is 3.31. The minimum atomic E-state index is -1.81. The van der Waals surface area contributed by atoms with E-state index < -0.39 is 29.1 Å². The Morgan fingerprint density at radius 1 is 1.43 bits per heavy atom. The van der Waals surface area contributed by atoms with Crippen LogP contribution in [0.1, 0.15) is 11.5 Å². The van der Waals surface area contributed by atoms with E-state index in [4.69, 9.17) is 10.4 Å². The molecule has 0 bridgehead atoms. The van der Waals surface area contributed by atoms with Crippen molar-refractivity contribution < 1.29 is 18.7 Å². The molecule has 1 N–H and O–H groups in total. The lowest BCUT2D eigenvalue weighted by Crippen LogP contribution is -2.13. The third-order valence-electron chi connectivity index (χ3n) is 1.66. The van der Waals surface area contributed by atoms with E-state index in [1.54, 1.807) is 0 Å². The van der Waals surface area contributed by atoms with E-state index in [9.17, 15) is 13.6 Å². The highest BCUT2D eigenvalue weighted by Gasteiger charge is 2.26. The van der Waals surface area contributed by atoms with Crippen molar-refractivity contribution >= 4 is 5.97 Å². The number of hydrogen-bond acceptors (Lipinski definition) is 2. The summed E-state index contributed by atoms with van der Waals surface area (Å²) in [6, 6.07) is 4.24. The summed E-state index contributed by atoms with van der Waals surface area (Å²) >= 11 is 0. The monoisotopic (exact) mass is 197 g/mol. The molecule has 0 amide bonds. The van der Waals surface area contributed by atoms with Crippen LogP contribution in [-0.4, -0.2) is 11.1 Å². The van der Waals surface area contributed by atoms with Crippen molar-refractivity contribution in [3.63, 3.8) is 0 Å². The molecule has 1 aromatic carbocycles. The predicted octanol–water partition coefficient (Wildman–Crippen LogP) is 1.66. The summed E-state index contributed by atoms with van der Waals surface area (Å²) in [6.07, 6.45) is 0. The molecule has 1 atom stereocenters. The molecule has 0 aliphatic heterocycles. The van der Waals surface area contributed by atoms with Gasteiger partial charge in [0.2, 0.25) is 0 Å². The Bertz CT molecular complexity index is 392. The van der Waals surface area contributed by atoms with Crippen LogP contribution in [0.2, 0.25) is 0 Å². The standard InChI is InChI=1S/C9H5F2NO2/c10-6-2-1-3-7(11)8(6)5(4-12)9(13)14/h1-3,5H,(H,13,14). The second-order valence-corrected chi connectivity index (χ2v) is 2.54. The van der Waals surface area contributed by atoms with Crippen LogP contribution in [0.4, 0.5) is 8.78 Å². The molecule has 0 saturated carbocycles. The summed E-state index contributed by atoms with van der Waals surface area (Å²) < 4.78 is 26.0. The molecule has 0 aromatic heterocycles. The van der Waals surface area contributed by atoms with Gasteiger partial charge in [-0.3, -0.25) is 4.79 Å². The van der Waals surface area contributed by atoms with E-state index in [0.717, 1.165) is 18.2 Å².